The molecule has 0 radical (unpaired) electrons. The largest absolute Gasteiger partial charge is 0.496 e. The van der Waals surface area contributed by atoms with Crippen LogP contribution in [0.4, 0.5) is 10.5 Å². The summed E-state index contributed by atoms with van der Waals surface area (Å²) < 4.78 is 6.12. The maximum atomic E-state index is 12.0. The van der Waals surface area contributed by atoms with E-state index in [4.69, 9.17) is 4.74 Å². The Kier molecular flexibility index (Phi) is 6.04. The van der Waals surface area contributed by atoms with E-state index in [1.807, 2.05) is 50.2 Å². The number of ether oxygens (including phenoxy) is 1. The van der Waals surface area contributed by atoms with E-state index in [2.05, 4.69) is 26.6 Å². The van der Waals surface area contributed by atoms with Gasteiger partial charge in [-0.25, -0.2) is 4.79 Å². The van der Waals surface area contributed by atoms with E-state index < -0.39 is 0 Å². The molecule has 5 heteroatoms. The molecule has 2 aromatic rings. The molecule has 122 valence electrons. The van der Waals surface area contributed by atoms with Crippen molar-refractivity contribution in [1.29, 1.82) is 0 Å². The second kappa shape index (κ2) is 8.02. The van der Waals surface area contributed by atoms with Gasteiger partial charge in [-0.3, -0.25) is 0 Å². The lowest BCUT2D eigenvalue weighted by Crippen LogP contribution is -2.30. The van der Waals surface area contributed by atoms with Crippen LogP contribution >= 0.6 is 15.9 Å². The van der Waals surface area contributed by atoms with Crippen molar-refractivity contribution in [3.63, 3.8) is 0 Å². The van der Waals surface area contributed by atoms with E-state index >= 15 is 0 Å². The van der Waals surface area contributed by atoms with Crippen molar-refractivity contribution in [2.45, 2.75) is 20.3 Å². The molecule has 0 aromatic heterocycles. The number of hydrogen-bond donors (Lipinski definition) is 2. The summed E-state index contributed by atoms with van der Waals surface area (Å²) in [6, 6.07) is 11.7. The zero-order valence-corrected chi connectivity index (χ0v) is 15.2. The van der Waals surface area contributed by atoms with Crippen molar-refractivity contribution in [2.24, 2.45) is 0 Å². The molecule has 0 aliphatic carbocycles. The molecule has 0 bridgehead atoms. The van der Waals surface area contributed by atoms with Crippen LogP contribution in [0.25, 0.3) is 0 Å². The predicted octanol–water partition coefficient (Wildman–Crippen LogP) is 4.44. The number of anilines is 1. The van der Waals surface area contributed by atoms with Crippen molar-refractivity contribution in [2.75, 3.05) is 19.0 Å². The Hall–Kier alpha value is -2.01. The number of aryl methyl sites for hydroxylation is 2. The summed E-state index contributed by atoms with van der Waals surface area (Å²) in [5.41, 5.74) is 4.14. The van der Waals surface area contributed by atoms with Gasteiger partial charge in [0.25, 0.3) is 0 Å². The van der Waals surface area contributed by atoms with E-state index in [9.17, 15) is 4.79 Å². The standard InChI is InChI=1S/C18H21BrN2O2/c1-12-4-5-13(2)16(10-12)21-18(22)20-9-8-14-6-7-17(23-3)15(19)11-14/h4-7,10-11H,8-9H2,1-3H3,(H2,20,21,22). The van der Waals surface area contributed by atoms with Gasteiger partial charge in [0.2, 0.25) is 0 Å². The molecule has 0 heterocycles. The van der Waals surface area contributed by atoms with Gasteiger partial charge in [0.05, 0.1) is 11.6 Å². The molecule has 4 nitrogen and oxygen atoms in total. The highest BCUT2D eigenvalue weighted by molar-refractivity contribution is 9.10. The first-order valence-corrected chi connectivity index (χ1v) is 8.23. The van der Waals surface area contributed by atoms with E-state index in [1.54, 1.807) is 7.11 Å². The van der Waals surface area contributed by atoms with Crippen LogP contribution in [0.1, 0.15) is 16.7 Å². The summed E-state index contributed by atoms with van der Waals surface area (Å²) in [4.78, 5) is 12.0. The Morgan fingerprint density at radius 1 is 1.17 bits per heavy atom. The number of benzene rings is 2. The highest BCUT2D eigenvalue weighted by Crippen LogP contribution is 2.25. The predicted molar refractivity (Wildman–Crippen MR) is 97.3 cm³/mol. The number of urea groups is 1. The lowest BCUT2D eigenvalue weighted by atomic mass is 10.1. The van der Waals surface area contributed by atoms with Crippen LogP contribution < -0.4 is 15.4 Å². The van der Waals surface area contributed by atoms with Crippen molar-refractivity contribution < 1.29 is 9.53 Å². The molecule has 2 rings (SSSR count). The fourth-order valence-electron chi connectivity index (χ4n) is 2.22. The Morgan fingerprint density at radius 3 is 2.65 bits per heavy atom. The van der Waals surface area contributed by atoms with E-state index in [-0.39, 0.29) is 6.03 Å². The normalized spacial score (nSPS) is 10.3. The smallest absolute Gasteiger partial charge is 0.319 e. The summed E-state index contributed by atoms with van der Waals surface area (Å²) in [5.74, 6) is 0.800. The zero-order chi connectivity index (χ0) is 16.8. The van der Waals surface area contributed by atoms with Crippen LogP contribution in [-0.2, 0) is 6.42 Å². The first-order valence-electron chi connectivity index (χ1n) is 7.44. The van der Waals surface area contributed by atoms with Gasteiger partial charge in [-0.1, -0.05) is 18.2 Å². The van der Waals surface area contributed by atoms with Gasteiger partial charge in [0.1, 0.15) is 5.75 Å². The molecular formula is C18H21BrN2O2. The molecule has 2 N–H and O–H groups in total. The highest BCUT2D eigenvalue weighted by atomic mass is 79.9. The van der Waals surface area contributed by atoms with Gasteiger partial charge in [0, 0.05) is 12.2 Å². The Morgan fingerprint density at radius 2 is 1.96 bits per heavy atom. The van der Waals surface area contributed by atoms with Gasteiger partial charge in [-0.15, -0.1) is 0 Å². The van der Waals surface area contributed by atoms with Crippen LogP contribution in [0.3, 0.4) is 0 Å². The molecule has 23 heavy (non-hydrogen) atoms. The summed E-state index contributed by atoms with van der Waals surface area (Å²) in [6.07, 6.45) is 0.753. The Bertz CT molecular complexity index is 701. The highest BCUT2D eigenvalue weighted by Gasteiger charge is 2.05. The van der Waals surface area contributed by atoms with Gasteiger partial charge in [-0.2, -0.15) is 0 Å². The van der Waals surface area contributed by atoms with Crippen molar-refractivity contribution in [3.8, 4) is 5.75 Å². The monoisotopic (exact) mass is 376 g/mol. The maximum absolute atomic E-state index is 12.0. The second-order valence-corrected chi connectivity index (χ2v) is 6.27. The summed E-state index contributed by atoms with van der Waals surface area (Å²) in [7, 11) is 1.64. The number of amides is 2. The van der Waals surface area contributed by atoms with Crippen molar-refractivity contribution in [3.05, 3.63) is 57.6 Å². The fraction of sp³-hybridized carbons (Fsp3) is 0.278. The van der Waals surface area contributed by atoms with Gasteiger partial charge < -0.3 is 15.4 Å². The number of nitrogens with one attached hydrogen (secondary N) is 2. The minimum absolute atomic E-state index is 0.189. The molecule has 0 unspecified atom stereocenters. The van der Waals surface area contributed by atoms with Crippen LogP contribution in [-0.4, -0.2) is 19.7 Å². The molecule has 0 atom stereocenters. The summed E-state index contributed by atoms with van der Waals surface area (Å²) >= 11 is 3.46. The minimum atomic E-state index is -0.189. The third kappa shape index (κ3) is 4.99. The number of carbonyl (C=O) groups excluding carboxylic acids is 1. The van der Waals surface area contributed by atoms with Crippen molar-refractivity contribution >= 4 is 27.6 Å². The molecule has 0 saturated carbocycles. The van der Waals surface area contributed by atoms with Gasteiger partial charge >= 0.3 is 6.03 Å². The molecule has 0 saturated heterocycles. The van der Waals surface area contributed by atoms with Gasteiger partial charge in [-0.05, 0) is 71.1 Å². The first-order chi connectivity index (χ1) is 11.0. The SMILES string of the molecule is COc1ccc(CCNC(=O)Nc2cc(C)ccc2C)cc1Br. The number of hydrogen-bond acceptors (Lipinski definition) is 2. The fourth-order valence-corrected chi connectivity index (χ4v) is 2.81. The topological polar surface area (TPSA) is 50.4 Å². The molecular weight excluding hydrogens is 356 g/mol. The van der Waals surface area contributed by atoms with Crippen LogP contribution in [0.2, 0.25) is 0 Å². The Labute approximate surface area is 145 Å². The third-order valence-corrected chi connectivity index (χ3v) is 4.18. The van der Waals surface area contributed by atoms with Crippen LogP contribution in [0, 0.1) is 13.8 Å². The maximum Gasteiger partial charge on any atom is 0.319 e. The first kappa shape index (κ1) is 17.3. The molecule has 2 aromatic carbocycles. The zero-order valence-electron chi connectivity index (χ0n) is 13.6. The molecule has 0 fully saturated rings. The minimum Gasteiger partial charge on any atom is -0.496 e. The lowest BCUT2D eigenvalue weighted by molar-refractivity contribution is 0.252. The average Bonchev–Trinajstić information content (AvgIpc) is 2.51. The quantitative estimate of drug-likeness (QED) is 0.810. The second-order valence-electron chi connectivity index (χ2n) is 5.42. The summed E-state index contributed by atoms with van der Waals surface area (Å²) in [5, 5.41) is 5.77. The number of rotatable bonds is 5. The van der Waals surface area contributed by atoms with Crippen molar-refractivity contribution in [1.82, 2.24) is 5.32 Å². The molecule has 0 spiro atoms. The number of methoxy groups -OCH3 is 1. The molecule has 0 aliphatic heterocycles. The van der Waals surface area contributed by atoms with E-state index in [0.29, 0.717) is 6.54 Å². The van der Waals surface area contributed by atoms with Crippen LogP contribution in [0.5, 0.6) is 5.75 Å². The van der Waals surface area contributed by atoms with Gasteiger partial charge in [0.15, 0.2) is 0 Å². The Balaban J connectivity index is 1.85. The molecule has 2 amide bonds. The molecule has 0 aliphatic rings. The average molecular weight is 377 g/mol. The summed E-state index contributed by atoms with van der Waals surface area (Å²) in [6.45, 7) is 4.55. The number of halogens is 1. The number of carbonyl (C=O) groups is 1. The van der Waals surface area contributed by atoms with Crippen LogP contribution in [0.15, 0.2) is 40.9 Å². The van der Waals surface area contributed by atoms with E-state index in [1.165, 1.54) is 0 Å². The van der Waals surface area contributed by atoms with E-state index in [0.717, 1.165) is 39.0 Å². The lowest BCUT2D eigenvalue weighted by Gasteiger charge is -2.11. The third-order valence-electron chi connectivity index (χ3n) is 3.56.